The second-order valence-corrected chi connectivity index (χ2v) is 6.23. The van der Waals surface area contributed by atoms with Crippen LogP contribution in [0, 0.1) is 5.92 Å². The second-order valence-electron chi connectivity index (χ2n) is 5.38. The first-order valence-corrected chi connectivity index (χ1v) is 7.26. The molecule has 0 radical (unpaired) electrons. The Morgan fingerprint density at radius 1 is 1.47 bits per heavy atom. The van der Waals surface area contributed by atoms with Crippen LogP contribution in [-0.2, 0) is 4.79 Å². The van der Waals surface area contributed by atoms with Crippen molar-refractivity contribution in [1.82, 2.24) is 5.32 Å². The Kier molecular flexibility index (Phi) is 4.16. The van der Waals surface area contributed by atoms with Crippen molar-refractivity contribution in [2.24, 2.45) is 5.92 Å². The van der Waals surface area contributed by atoms with E-state index in [4.69, 9.17) is 0 Å². The van der Waals surface area contributed by atoms with Crippen LogP contribution in [0.25, 0.3) is 0 Å². The number of benzene rings is 1. The van der Waals surface area contributed by atoms with Crippen molar-refractivity contribution in [3.05, 3.63) is 22.2 Å². The van der Waals surface area contributed by atoms with E-state index < -0.39 is 0 Å². The summed E-state index contributed by atoms with van der Waals surface area (Å²) in [5.74, 6) is 0.595. The third-order valence-corrected chi connectivity index (χ3v) is 3.92. The van der Waals surface area contributed by atoms with Gasteiger partial charge in [-0.3, -0.25) is 4.79 Å². The van der Waals surface area contributed by atoms with E-state index in [1.807, 2.05) is 12.1 Å². The molecule has 2 N–H and O–H groups in total. The van der Waals surface area contributed by atoms with Crippen LogP contribution in [0.4, 0.5) is 11.4 Å². The fourth-order valence-corrected chi connectivity index (χ4v) is 3.16. The van der Waals surface area contributed by atoms with Crippen molar-refractivity contribution < 1.29 is 4.79 Å². The highest BCUT2D eigenvalue weighted by Crippen LogP contribution is 2.38. The van der Waals surface area contributed by atoms with Gasteiger partial charge in [0.05, 0.1) is 5.69 Å². The summed E-state index contributed by atoms with van der Waals surface area (Å²) in [5, 5.41) is 5.96. The van der Waals surface area contributed by atoms with E-state index in [0.29, 0.717) is 5.92 Å². The van der Waals surface area contributed by atoms with Crippen LogP contribution in [0.5, 0.6) is 0 Å². The Morgan fingerprint density at radius 2 is 2.16 bits per heavy atom. The molecule has 1 heterocycles. The van der Waals surface area contributed by atoms with E-state index >= 15 is 0 Å². The standard InChI is InChI=1S/C14H20BrN3O/c1-8(2)7-18(4)12-6-11-9(5-10(12)15)13(16-3)14(19)17-11/h5-6,8,13,16H,7H2,1-4H3,(H,17,19). The highest BCUT2D eigenvalue weighted by Gasteiger charge is 2.30. The Balaban J connectivity index is 2.36. The largest absolute Gasteiger partial charge is 0.373 e. The number of nitrogens with zero attached hydrogens (tertiary/aromatic N) is 1. The van der Waals surface area contributed by atoms with Gasteiger partial charge in [-0.2, -0.15) is 0 Å². The maximum Gasteiger partial charge on any atom is 0.246 e. The number of halogens is 1. The van der Waals surface area contributed by atoms with Gasteiger partial charge in [-0.25, -0.2) is 0 Å². The molecule has 0 saturated carbocycles. The molecule has 0 aliphatic carbocycles. The van der Waals surface area contributed by atoms with Crippen molar-refractivity contribution in [2.45, 2.75) is 19.9 Å². The molecule has 1 aliphatic heterocycles. The number of likely N-dealkylation sites (N-methyl/N-ethyl adjacent to an activating group) is 1. The van der Waals surface area contributed by atoms with Gasteiger partial charge in [-0.15, -0.1) is 0 Å². The third-order valence-electron chi connectivity index (χ3n) is 3.29. The van der Waals surface area contributed by atoms with Gasteiger partial charge in [-0.05, 0) is 41.0 Å². The number of nitrogens with one attached hydrogen (secondary N) is 2. The van der Waals surface area contributed by atoms with Crippen molar-refractivity contribution in [2.75, 3.05) is 30.9 Å². The number of hydrogen-bond acceptors (Lipinski definition) is 3. The number of anilines is 2. The second kappa shape index (κ2) is 5.51. The number of rotatable bonds is 4. The fourth-order valence-electron chi connectivity index (χ4n) is 2.50. The van der Waals surface area contributed by atoms with Crippen LogP contribution in [0.1, 0.15) is 25.5 Å². The van der Waals surface area contributed by atoms with Crippen LogP contribution in [-0.4, -0.2) is 26.5 Å². The summed E-state index contributed by atoms with van der Waals surface area (Å²) in [4.78, 5) is 14.0. The number of hydrogen-bond donors (Lipinski definition) is 2. The molecule has 1 amide bonds. The van der Waals surface area contributed by atoms with E-state index in [1.165, 1.54) is 0 Å². The van der Waals surface area contributed by atoms with Crippen molar-refractivity contribution in [3.8, 4) is 0 Å². The minimum absolute atomic E-state index is 0.00747. The number of fused-ring (bicyclic) bond motifs is 1. The predicted octanol–water partition coefficient (Wildman–Crippen LogP) is 2.75. The SMILES string of the molecule is CNC1C(=O)Nc2cc(N(C)CC(C)C)c(Br)cc21. The Bertz CT molecular complexity index is 502. The first kappa shape index (κ1) is 14.3. The minimum atomic E-state index is -0.254. The van der Waals surface area contributed by atoms with Gasteiger partial charge < -0.3 is 15.5 Å². The van der Waals surface area contributed by atoms with Crippen LogP contribution in [0.2, 0.25) is 0 Å². The summed E-state index contributed by atoms with van der Waals surface area (Å²) in [5.41, 5.74) is 3.00. The molecule has 1 unspecified atom stereocenters. The smallest absolute Gasteiger partial charge is 0.246 e. The Labute approximate surface area is 122 Å². The van der Waals surface area contributed by atoms with Crippen LogP contribution >= 0.6 is 15.9 Å². The van der Waals surface area contributed by atoms with Gasteiger partial charge in [0.2, 0.25) is 5.91 Å². The normalized spacial score (nSPS) is 17.6. The maximum atomic E-state index is 11.8. The zero-order valence-corrected chi connectivity index (χ0v) is 13.3. The van der Waals surface area contributed by atoms with E-state index in [2.05, 4.69) is 52.4 Å². The van der Waals surface area contributed by atoms with E-state index in [1.54, 1.807) is 7.05 Å². The number of carbonyl (C=O) groups excluding carboxylic acids is 1. The molecule has 104 valence electrons. The van der Waals surface area contributed by atoms with Gasteiger partial charge in [0, 0.05) is 29.3 Å². The van der Waals surface area contributed by atoms with Gasteiger partial charge in [0.25, 0.3) is 0 Å². The molecular formula is C14H20BrN3O. The maximum absolute atomic E-state index is 11.8. The lowest BCUT2D eigenvalue weighted by Gasteiger charge is -2.23. The molecule has 1 atom stereocenters. The molecule has 1 aromatic rings. The summed E-state index contributed by atoms with van der Waals surface area (Å²) in [7, 11) is 3.87. The highest BCUT2D eigenvalue weighted by atomic mass is 79.9. The molecular weight excluding hydrogens is 306 g/mol. The van der Waals surface area contributed by atoms with Crippen LogP contribution in [0.3, 0.4) is 0 Å². The lowest BCUT2D eigenvalue weighted by atomic mass is 10.1. The van der Waals surface area contributed by atoms with E-state index in [-0.39, 0.29) is 11.9 Å². The molecule has 0 saturated heterocycles. The number of amides is 1. The summed E-state index contributed by atoms with van der Waals surface area (Å²) >= 11 is 3.61. The summed E-state index contributed by atoms with van der Waals surface area (Å²) in [6.45, 7) is 5.36. The minimum Gasteiger partial charge on any atom is -0.373 e. The monoisotopic (exact) mass is 325 g/mol. The van der Waals surface area contributed by atoms with Crippen molar-refractivity contribution >= 4 is 33.2 Å². The Morgan fingerprint density at radius 3 is 2.74 bits per heavy atom. The molecule has 2 rings (SSSR count). The van der Waals surface area contributed by atoms with E-state index in [9.17, 15) is 4.79 Å². The Hall–Kier alpha value is -1.07. The van der Waals surface area contributed by atoms with Crippen LogP contribution in [0.15, 0.2) is 16.6 Å². The predicted molar refractivity (Wildman–Crippen MR) is 82.7 cm³/mol. The van der Waals surface area contributed by atoms with Crippen molar-refractivity contribution in [3.63, 3.8) is 0 Å². The molecule has 1 aliphatic rings. The molecule has 19 heavy (non-hydrogen) atoms. The zero-order chi connectivity index (χ0) is 14.2. The van der Waals surface area contributed by atoms with Gasteiger partial charge in [0.1, 0.15) is 6.04 Å². The van der Waals surface area contributed by atoms with Gasteiger partial charge >= 0.3 is 0 Å². The molecule has 0 spiro atoms. The van der Waals surface area contributed by atoms with E-state index in [0.717, 1.165) is 28.0 Å². The lowest BCUT2D eigenvalue weighted by Crippen LogP contribution is -2.23. The molecule has 0 bridgehead atoms. The average molecular weight is 326 g/mol. The topological polar surface area (TPSA) is 44.4 Å². The quantitative estimate of drug-likeness (QED) is 0.894. The molecule has 4 nitrogen and oxygen atoms in total. The molecule has 0 aromatic heterocycles. The zero-order valence-electron chi connectivity index (χ0n) is 11.7. The van der Waals surface area contributed by atoms with Crippen LogP contribution < -0.4 is 15.5 Å². The van der Waals surface area contributed by atoms with Gasteiger partial charge in [0.15, 0.2) is 0 Å². The summed E-state index contributed by atoms with van der Waals surface area (Å²) < 4.78 is 1.02. The molecule has 5 heteroatoms. The third kappa shape index (κ3) is 2.77. The highest BCUT2D eigenvalue weighted by molar-refractivity contribution is 9.10. The van der Waals surface area contributed by atoms with Crippen molar-refractivity contribution in [1.29, 1.82) is 0 Å². The number of carbonyl (C=O) groups is 1. The summed E-state index contributed by atoms with van der Waals surface area (Å²) in [6.07, 6.45) is 0. The van der Waals surface area contributed by atoms with Gasteiger partial charge in [-0.1, -0.05) is 13.8 Å². The first-order valence-electron chi connectivity index (χ1n) is 6.46. The average Bonchev–Trinajstić information content (AvgIpc) is 2.61. The molecule has 1 aromatic carbocycles. The first-order chi connectivity index (χ1) is 8.93. The fraction of sp³-hybridized carbons (Fsp3) is 0.500. The molecule has 0 fully saturated rings. The summed E-state index contributed by atoms with van der Waals surface area (Å²) in [6, 6.07) is 3.81. The lowest BCUT2D eigenvalue weighted by molar-refractivity contribution is -0.117.